The van der Waals surface area contributed by atoms with E-state index in [4.69, 9.17) is 4.74 Å². The second kappa shape index (κ2) is 6.83. The van der Waals surface area contributed by atoms with Crippen molar-refractivity contribution in [3.8, 4) is 11.6 Å². The van der Waals surface area contributed by atoms with Gasteiger partial charge in [-0.15, -0.1) is 0 Å². The van der Waals surface area contributed by atoms with Gasteiger partial charge < -0.3 is 9.64 Å². The fraction of sp³-hybridized carbons (Fsp3) is 0.471. The minimum atomic E-state index is 0.412. The van der Waals surface area contributed by atoms with E-state index >= 15 is 0 Å². The summed E-state index contributed by atoms with van der Waals surface area (Å²) in [7, 11) is 0. The van der Waals surface area contributed by atoms with Crippen LogP contribution in [0, 0.1) is 0 Å². The van der Waals surface area contributed by atoms with Crippen LogP contribution >= 0.6 is 0 Å². The second-order valence-corrected chi connectivity index (χ2v) is 5.94. The summed E-state index contributed by atoms with van der Waals surface area (Å²) >= 11 is 0. The summed E-state index contributed by atoms with van der Waals surface area (Å²) in [5.74, 6) is 1.72. The lowest BCUT2D eigenvalue weighted by molar-refractivity contribution is 0.169. The SMILES string of the molecule is CC(C)N1CCC(c2nccnc2Oc2cccnc2)CC1. The summed E-state index contributed by atoms with van der Waals surface area (Å²) in [6, 6.07) is 4.34. The van der Waals surface area contributed by atoms with Crippen LogP contribution in [0.15, 0.2) is 36.9 Å². The van der Waals surface area contributed by atoms with E-state index in [1.165, 1.54) is 0 Å². The summed E-state index contributed by atoms with van der Waals surface area (Å²) in [6.07, 6.45) is 9.05. The fourth-order valence-corrected chi connectivity index (χ4v) is 2.90. The molecule has 0 radical (unpaired) electrons. The van der Waals surface area contributed by atoms with Crippen molar-refractivity contribution in [1.82, 2.24) is 19.9 Å². The van der Waals surface area contributed by atoms with Gasteiger partial charge in [-0.05, 0) is 51.9 Å². The van der Waals surface area contributed by atoms with E-state index in [0.717, 1.165) is 31.6 Å². The molecule has 0 saturated carbocycles. The van der Waals surface area contributed by atoms with Crippen LogP contribution in [0.25, 0.3) is 0 Å². The van der Waals surface area contributed by atoms with Gasteiger partial charge in [0.2, 0.25) is 5.88 Å². The Labute approximate surface area is 131 Å². The quantitative estimate of drug-likeness (QED) is 0.867. The molecule has 1 aliphatic heterocycles. The highest BCUT2D eigenvalue weighted by Gasteiger charge is 2.26. The zero-order valence-electron chi connectivity index (χ0n) is 13.1. The van der Waals surface area contributed by atoms with Crippen LogP contribution in [0.1, 0.15) is 38.3 Å². The molecule has 0 atom stereocenters. The monoisotopic (exact) mass is 298 g/mol. The third kappa shape index (κ3) is 3.42. The van der Waals surface area contributed by atoms with Gasteiger partial charge in [-0.1, -0.05) is 0 Å². The highest BCUT2D eigenvalue weighted by Crippen LogP contribution is 2.33. The second-order valence-electron chi connectivity index (χ2n) is 5.94. The molecule has 0 aliphatic carbocycles. The predicted octanol–water partition coefficient (Wildman–Crippen LogP) is 3.25. The Morgan fingerprint density at radius 3 is 2.59 bits per heavy atom. The third-order valence-electron chi connectivity index (χ3n) is 4.19. The van der Waals surface area contributed by atoms with Crippen molar-refractivity contribution in [3.63, 3.8) is 0 Å². The first-order chi connectivity index (χ1) is 10.7. The molecule has 0 bridgehead atoms. The molecule has 0 aromatic carbocycles. The molecule has 2 aromatic rings. The summed E-state index contributed by atoms with van der Waals surface area (Å²) in [6.45, 7) is 6.70. The molecule has 0 amide bonds. The normalized spacial score (nSPS) is 16.9. The van der Waals surface area contributed by atoms with Gasteiger partial charge >= 0.3 is 0 Å². The molecule has 0 unspecified atom stereocenters. The van der Waals surface area contributed by atoms with Gasteiger partial charge in [0.1, 0.15) is 11.4 Å². The molecule has 22 heavy (non-hydrogen) atoms. The molecule has 1 fully saturated rings. The first kappa shape index (κ1) is 14.9. The van der Waals surface area contributed by atoms with Crippen LogP contribution in [0.5, 0.6) is 11.6 Å². The van der Waals surface area contributed by atoms with E-state index in [1.54, 1.807) is 24.8 Å². The topological polar surface area (TPSA) is 51.1 Å². The number of rotatable bonds is 4. The minimum absolute atomic E-state index is 0.412. The van der Waals surface area contributed by atoms with Crippen LogP contribution in [0.2, 0.25) is 0 Å². The lowest BCUT2D eigenvalue weighted by atomic mass is 9.93. The zero-order valence-corrected chi connectivity index (χ0v) is 13.1. The van der Waals surface area contributed by atoms with Gasteiger partial charge in [0.15, 0.2) is 0 Å². The largest absolute Gasteiger partial charge is 0.436 e. The smallest absolute Gasteiger partial charge is 0.241 e. The van der Waals surface area contributed by atoms with Crippen LogP contribution < -0.4 is 4.74 Å². The summed E-state index contributed by atoms with van der Waals surface area (Å²) in [5.41, 5.74) is 0.967. The van der Waals surface area contributed by atoms with Crippen molar-refractivity contribution >= 4 is 0 Å². The van der Waals surface area contributed by atoms with Gasteiger partial charge in [0.05, 0.1) is 6.20 Å². The Balaban J connectivity index is 1.75. The average Bonchev–Trinajstić information content (AvgIpc) is 2.56. The molecule has 5 heteroatoms. The predicted molar refractivity (Wildman–Crippen MR) is 85.0 cm³/mol. The van der Waals surface area contributed by atoms with Crippen LogP contribution in [0.3, 0.4) is 0 Å². The van der Waals surface area contributed by atoms with Gasteiger partial charge in [0, 0.05) is 30.6 Å². The maximum absolute atomic E-state index is 5.89. The van der Waals surface area contributed by atoms with Crippen LogP contribution in [-0.4, -0.2) is 39.0 Å². The molecule has 2 aromatic heterocycles. The maximum atomic E-state index is 5.89. The number of piperidine rings is 1. The minimum Gasteiger partial charge on any atom is -0.436 e. The molecular weight excluding hydrogens is 276 g/mol. The molecule has 1 aliphatic rings. The van der Waals surface area contributed by atoms with Gasteiger partial charge in [0.25, 0.3) is 0 Å². The van der Waals surface area contributed by atoms with Gasteiger partial charge in [-0.2, -0.15) is 0 Å². The van der Waals surface area contributed by atoms with Crippen LogP contribution in [-0.2, 0) is 0 Å². The third-order valence-corrected chi connectivity index (χ3v) is 4.19. The number of ether oxygens (including phenoxy) is 1. The molecule has 3 heterocycles. The van der Waals surface area contributed by atoms with E-state index in [1.807, 2.05) is 12.1 Å². The van der Waals surface area contributed by atoms with E-state index in [-0.39, 0.29) is 0 Å². The number of likely N-dealkylation sites (tertiary alicyclic amines) is 1. The van der Waals surface area contributed by atoms with E-state index in [9.17, 15) is 0 Å². The van der Waals surface area contributed by atoms with E-state index in [2.05, 4.69) is 33.7 Å². The summed E-state index contributed by atoms with van der Waals surface area (Å²) in [4.78, 5) is 15.5. The van der Waals surface area contributed by atoms with Crippen molar-refractivity contribution in [2.75, 3.05) is 13.1 Å². The Bertz CT molecular complexity index is 595. The molecule has 0 spiro atoms. The number of nitrogens with zero attached hydrogens (tertiary/aromatic N) is 4. The van der Waals surface area contributed by atoms with Crippen molar-refractivity contribution in [3.05, 3.63) is 42.6 Å². The Morgan fingerprint density at radius 2 is 1.91 bits per heavy atom. The lowest BCUT2D eigenvalue weighted by Gasteiger charge is -2.34. The summed E-state index contributed by atoms with van der Waals surface area (Å²) < 4.78 is 5.89. The van der Waals surface area contributed by atoms with E-state index in [0.29, 0.717) is 23.6 Å². The molecule has 116 valence electrons. The standard InChI is InChI=1S/C17H22N4O/c1-13(2)21-10-5-14(6-11-21)16-17(20-9-8-19-16)22-15-4-3-7-18-12-15/h3-4,7-9,12-14H,5-6,10-11H2,1-2H3. The molecule has 1 saturated heterocycles. The van der Waals surface area contributed by atoms with Gasteiger partial charge in [-0.3, -0.25) is 9.97 Å². The number of aromatic nitrogens is 3. The lowest BCUT2D eigenvalue weighted by Crippen LogP contribution is -2.38. The Morgan fingerprint density at radius 1 is 1.14 bits per heavy atom. The molecule has 3 rings (SSSR count). The molecule has 5 nitrogen and oxygen atoms in total. The van der Waals surface area contributed by atoms with Crippen molar-refractivity contribution in [1.29, 1.82) is 0 Å². The molecular formula is C17H22N4O. The maximum Gasteiger partial charge on any atom is 0.241 e. The Hall–Kier alpha value is -2.01. The van der Waals surface area contributed by atoms with Crippen molar-refractivity contribution in [2.45, 2.75) is 38.6 Å². The Kier molecular flexibility index (Phi) is 4.63. The van der Waals surface area contributed by atoms with Gasteiger partial charge in [-0.25, -0.2) is 4.98 Å². The summed E-state index contributed by atoms with van der Waals surface area (Å²) in [5, 5.41) is 0. The average molecular weight is 298 g/mol. The highest BCUT2D eigenvalue weighted by atomic mass is 16.5. The highest BCUT2D eigenvalue weighted by molar-refractivity contribution is 5.28. The van der Waals surface area contributed by atoms with Crippen LogP contribution in [0.4, 0.5) is 0 Å². The van der Waals surface area contributed by atoms with Crippen molar-refractivity contribution in [2.24, 2.45) is 0 Å². The van der Waals surface area contributed by atoms with E-state index < -0.39 is 0 Å². The molecule has 0 N–H and O–H groups in total. The number of pyridine rings is 1. The first-order valence-electron chi connectivity index (χ1n) is 7.87. The number of hydrogen-bond acceptors (Lipinski definition) is 5. The fourth-order valence-electron chi connectivity index (χ4n) is 2.90. The number of hydrogen-bond donors (Lipinski definition) is 0. The first-order valence-corrected chi connectivity index (χ1v) is 7.87. The zero-order chi connectivity index (χ0) is 15.4. The van der Waals surface area contributed by atoms with Crippen molar-refractivity contribution < 1.29 is 4.74 Å².